The lowest BCUT2D eigenvalue weighted by Gasteiger charge is -2.27. The molecule has 4 heteroatoms. The van der Waals surface area contributed by atoms with Crippen LogP contribution < -0.4 is 5.32 Å². The summed E-state index contributed by atoms with van der Waals surface area (Å²) < 4.78 is 0.433. The van der Waals surface area contributed by atoms with E-state index in [2.05, 4.69) is 21.5 Å². The zero-order valence-corrected chi connectivity index (χ0v) is 13.3. The smallest absolute Gasteiger partial charge is 0.132 e. The van der Waals surface area contributed by atoms with Gasteiger partial charge in [0.15, 0.2) is 0 Å². The molecule has 0 spiro atoms. The molecule has 1 N–H and O–H groups in total. The second-order valence-corrected chi connectivity index (χ2v) is 7.43. The SMILES string of the molecule is CSC1(CNc2ncnc3c2CCCCC3)CCCC1. The van der Waals surface area contributed by atoms with E-state index in [0.717, 1.165) is 25.2 Å². The average molecular weight is 291 g/mol. The minimum absolute atomic E-state index is 0.433. The number of hydrogen-bond donors (Lipinski definition) is 1. The standard InChI is InChI=1S/C16H25N3S/c1-20-16(9-5-6-10-16)11-17-15-13-7-3-2-4-8-14(13)18-12-19-15/h12H,2-11H2,1H3,(H,17,18,19). The van der Waals surface area contributed by atoms with Crippen LogP contribution in [-0.2, 0) is 12.8 Å². The molecule has 3 nitrogen and oxygen atoms in total. The van der Waals surface area contributed by atoms with Gasteiger partial charge in [0.25, 0.3) is 0 Å². The summed E-state index contributed by atoms with van der Waals surface area (Å²) in [4.78, 5) is 9.03. The van der Waals surface area contributed by atoms with E-state index in [1.165, 1.54) is 56.2 Å². The predicted octanol–water partition coefficient (Wildman–Crippen LogP) is 3.83. The number of rotatable bonds is 4. The Morgan fingerprint density at radius 2 is 1.90 bits per heavy atom. The maximum absolute atomic E-state index is 4.53. The Labute approximate surface area is 126 Å². The number of nitrogens with zero attached hydrogens (tertiary/aromatic N) is 2. The molecular weight excluding hydrogens is 266 g/mol. The van der Waals surface area contributed by atoms with Crippen molar-refractivity contribution in [2.45, 2.75) is 62.5 Å². The van der Waals surface area contributed by atoms with Crippen LogP contribution in [0.3, 0.4) is 0 Å². The lowest BCUT2D eigenvalue weighted by atomic mass is 10.1. The highest BCUT2D eigenvalue weighted by atomic mass is 32.2. The molecule has 0 atom stereocenters. The second kappa shape index (κ2) is 6.33. The molecule has 0 aromatic carbocycles. The summed E-state index contributed by atoms with van der Waals surface area (Å²) in [7, 11) is 0. The number of nitrogens with one attached hydrogen (secondary N) is 1. The first kappa shape index (κ1) is 14.2. The zero-order chi connectivity index (χ0) is 13.8. The first-order valence-corrected chi connectivity index (χ1v) is 9.17. The van der Waals surface area contributed by atoms with Gasteiger partial charge in [0, 0.05) is 22.5 Å². The lowest BCUT2D eigenvalue weighted by Crippen LogP contribution is -2.30. The minimum atomic E-state index is 0.433. The van der Waals surface area contributed by atoms with Crippen molar-refractivity contribution in [1.82, 2.24) is 9.97 Å². The summed E-state index contributed by atoms with van der Waals surface area (Å²) in [5, 5.41) is 3.66. The molecule has 2 aliphatic carbocycles. The minimum Gasteiger partial charge on any atom is -0.368 e. The van der Waals surface area contributed by atoms with Crippen LogP contribution in [0.2, 0.25) is 0 Å². The van der Waals surface area contributed by atoms with Crippen LogP contribution in [0.25, 0.3) is 0 Å². The number of aryl methyl sites for hydroxylation is 1. The fraction of sp³-hybridized carbons (Fsp3) is 0.750. The van der Waals surface area contributed by atoms with Crippen LogP contribution in [0.1, 0.15) is 56.2 Å². The van der Waals surface area contributed by atoms with Crippen molar-refractivity contribution in [2.75, 3.05) is 18.1 Å². The van der Waals surface area contributed by atoms with E-state index in [1.807, 2.05) is 11.8 Å². The first-order chi connectivity index (χ1) is 9.83. The molecule has 0 unspecified atom stereocenters. The van der Waals surface area contributed by atoms with E-state index < -0.39 is 0 Å². The quantitative estimate of drug-likeness (QED) is 0.856. The molecule has 1 aromatic heterocycles. The molecule has 0 radical (unpaired) electrons. The Hall–Kier alpha value is -0.770. The maximum atomic E-state index is 4.53. The van der Waals surface area contributed by atoms with E-state index in [4.69, 9.17) is 0 Å². The molecule has 1 saturated carbocycles. The van der Waals surface area contributed by atoms with Gasteiger partial charge in [-0.1, -0.05) is 19.3 Å². The molecule has 2 aliphatic rings. The maximum Gasteiger partial charge on any atom is 0.132 e. The third-order valence-electron chi connectivity index (χ3n) is 4.90. The van der Waals surface area contributed by atoms with Gasteiger partial charge in [-0.25, -0.2) is 9.97 Å². The second-order valence-electron chi connectivity index (χ2n) is 6.16. The molecule has 110 valence electrons. The van der Waals surface area contributed by atoms with Crippen LogP contribution in [-0.4, -0.2) is 27.5 Å². The Morgan fingerprint density at radius 1 is 1.10 bits per heavy atom. The number of hydrogen-bond acceptors (Lipinski definition) is 4. The summed E-state index contributed by atoms with van der Waals surface area (Å²) in [6, 6.07) is 0. The Morgan fingerprint density at radius 3 is 2.70 bits per heavy atom. The van der Waals surface area contributed by atoms with Gasteiger partial charge in [-0.2, -0.15) is 11.8 Å². The molecule has 0 saturated heterocycles. The summed E-state index contributed by atoms with van der Waals surface area (Å²) in [5.74, 6) is 1.11. The predicted molar refractivity (Wildman–Crippen MR) is 86.5 cm³/mol. The number of thioether (sulfide) groups is 1. The van der Waals surface area contributed by atoms with E-state index >= 15 is 0 Å². The van der Waals surface area contributed by atoms with E-state index in [-0.39, 0.29) is 0 Å². The van der Waals surface area contributed by atoms with Gasteiger partial charge in [-0.3, -0.25) is 0 Å². The van der Waals surface area contributed by atoms with Crippen LogP contribution in [0, 0.1) is 0 Å². The highest BCUT2D eigenvalue weighted by Gasteiger charge is 2.33. The first-order valence-electron chi connectivity index (χ1n) is 7.95. The average Bonchev–Trinajstić information content (AvgIpc) is 2.82. The van der Waals surface area contributed by atoms with Gasteiger partial charge >= 0.3 is 0 Å². The fourth-order valence-electron chi connectivity index (χ4n) is 3.57. The van der Waals surface area contributed by atoms with Crippen molar-refractivity contribution in [3.63, 3.8) is 0 Å². The van der Waals surface area contributed by atoms with Crippen molar-refractivity contribution >= 4 is 17.6 Å². The van der Waals surface area contributed by atoms with Crippen molar-refractivity contribution in [2.24, 2.45) is 0 Å². The van der Waals surface area contributed by atoms with Crippen LogP contribution in [0.4, 0.5) is 5.82 Å². The van der Waals surface area contributed by atoms with Crippen LogP contribution in [0.15, 0.2) is 6.33 Å². The van der Waals surface area contributed by atoms with Crippen LogP contribution in [0.5, 0.6) is 0 Å². The summed E-state index contributed by atoms with van der Waals surface area (Å²) >= 11 is 2.03. The Bertz CT molecular complexity index is 455. The van der Waals surface area contributed by atoms with Gasteiger partial charge in [-0.05, 0) is 44.8 Å². The zero-order valence-electron chi connectivity index (χ0n) is 12.5. The molecule has 1 aromatic rings. The van der Waals surface area contributed by atoms with Crippen molar-refractivity contribution in [1.29, 1.82) is 0 Å². The van der Waals surface area contributed by atoms with Gasteiger partial charge in [0.2, 0.25) is 0 Å². The highest BCUT2D eigenvalue weighted by molar-refractivity contribution is 8.00. The third kappa shape index (κ3) is 2.95. The molecule has 0 bridgehead atoms. The van der Waals surface area contributed by atoms with E-state index in [0.29, 0.717) is 4.75 Å². The van der Waals surface area contributed by atoms with Gasteiger partial charge in [-0.15, -0.1) is 0 Å². The molecule has 1 fully saturated rings. The van der Waals surface area contributed by atoms with Crippen molar-refractivity contribution in [3.05, 3.63) is 17.6 Å². The topological polar surface area (TPSA) is 37.8 Å². The van der Waals surface area contributed by atoms with E-state index in [1.54, 1.807) is 6.33 Å². The van der Waals surface area contributed by atoms with Gasteiger partial charge in [0.05, 0.1) is 0 Å². The van der Waals surface area contributed by atoms with E-state index in [9.17, 15) is 0 Å². The molecule has 0 aliphatic heterocycles. The summed E-state index contributed by atoms with van der Waals surface area (Å²) in [5.41, 5.74) is 2.67. The summed E-state index contributed by atoms with van der Waals surface area (Å²) in [6.45, 7) is 1.05. The van der Waals surface area contributed by atoms with Gasteiger partial charge in [0.1, 0.15) is 12.1 Å². The summed E-state index contributed by atoms with van der Waals surface area (Å²) in [6.07, 6.45) is 15.6. The molecule has 0 amide bonds. The van der Waals surface area contributed by atoms with Crippen molar-refractivity contribution < 1.29 is 0 Å². The molecule has 3 rings (SSSR count). The lowest BCUT2D eigenvalue weighted by molar-refractivity contribution is 0.637. The van der Waals surface area contributed by atoms with Crippen molar-refractivity contribution in [3.8, 4) is 0 Å². The monoisotopic (exact) mass is 291 g/mol. The number of fused-ring (bicyclic) bond motifs is 1. The fourth-order valence-corrected chi connectivity index (χ4v) is 4.48. The Balaban J connectivity index is 1.74. The Kier molecular flexibility index (Phi) is 4.49. The molecular formula is C16H25N3S. The normalized spacial score (nSPS) is 21.2. The van der Waals surface area contributed by atoms with Crippen LogP contribution >= 0.6 is 11.8 Å². The molecule has 20 heavy (non-hydrogen) atoms. The largest absolute Gasteiger partial charge is 0.368 e. The highest BCUT2D eigenvalue weighted by Crippen LogP contribution is 2.40. The molecule has 1 heterocycles. The third-order valence-corrected chi connectivity index (χ3v) is 6.32. The number of anilines is 1. The van der Waals surface area contributed by atoms with Gasteiger partial charge < -0.3 is 5.32 Å². The number of aromatic nitrogens is 2.